The highest BCUT2D eigenvalue weighted by molar-refractivity contribution is 5.94. The van der Waals surface area contributed by atoms with Gasteiger partial charge in [-0.05, 0) is 42.2 Å². The molecule has 0 unspecified atom stereocenters. The van der Waals surface area contributed by atoms with Crippen molar-refractivity contribution in [1.82, 2.24) is 15.2 Å². The zero-order valence-corrected chi connectivity index (χ0v) is 17.8. The number of carboxylic acid groups (broad SMARTS) is 1. The van der Waals surface area contributed by atoms with Gasteiger partial charge in [0.15, 0.2) is 0 Å². The van der Waals surface area contributed by atoms with Crippen LogP contribution >= 0.6 is 0 Å². The molecule has 1 fully saturated rings. The highest BCUT2D eigenvalue weighted by atomic mass is 19.4. The van der Waals surface area contributed by atoms with Crippen molar-refractivity contribution in [2.24, 2.45) is 5.41 Å². The number of hydrogen-bond acceptors (Lipinski definition) is 5. The first-order chi connectivity index (χ1) is 15.7. The molecule has 1 aromatic heterocycles. The molecule has 2 aliphatic heterocycles. The maximum atomic E-state index is 12.7. The van der Waals surface area contributed by atoms with E-state index in [-0.39, 0.29) is 6.54 Å². The highest BCUT2D eigenvalue weighted by Gasteiger charge is 2.40. The van der Waals surface area contributed by atoms with Crippen molar-refractivity contribution in [2.75, 3.05) is 19.8 Å². The molecule has 2 aliphatic rings. The molecule has 0 saturated carbocycles. The predicted molar refractivity (Wildman–Crippen MR) is 111 cm³/mol. The first-order valence-electron chi connectivity index (χ1n) is 10.6. The van der Waals surface area contributed by atoms with E-state index in [1.165, 1.54) is 18.3 Å². The molecule has 0 aliphatic carbocycles. The average molecular weight is 463 g/mol. The molecule has 0 spiro atoms. The third-order valence-electron chi connectivity index (χ3n) is 6.27. The molecule has 0 radical (unpaired) electrons. The molecule has 2 N–H and O–H groups in total. The molecule has 4 rings (SSSR count). The van der Waals surface area contributed by atoms with Crippen molar-refractivity contribution in [3.63, 3.8) is 0 Å². The fourth-order valence-corrected chi connectivity index (χ4v) is 4.20. The van der Waals surface area contributed by atoms with Gasteiger partial charge in [0, 0.05) is 45.6 Å². The minimum atomic E-state index is -4.36. The number of pyridine rings is 1. The SMILES string of the molecule is O=C(NCC1(C(=O)O)CCOCC1)c1cnc2c(c1)CN(Cc1ccc(C(F)(F)F)cc1)C2. The van der Waals surface area contributed by atoms with Crippen molar-refractivity contribution in [3.8, 4) is 0 Å². The van der Waals surface area contributed by atoms with Crippen molar-refractivity contribution in [1.29, 1.82) is 0 Å². The molecule has 2 aromatic rings. The van der Waals surface area contributed by atoms with Crippen molar-refractivity contribution >= 4 is 11.9 Å². The minimum Gasteiger partial charge on any atom is -0.481 e. The quantitative estimate of drug-likeness (QED) is 0.684. The van der Waals surface area contributed by atoms with Crippen LogP contribution in [0.1, 0.15) is 45.6 Å². The number of carbonyl (C=O) groups excluding carboxylic acids is 1. The monoisotopic (exact) mass is 463 g/mol. The molecule has 3 heterocycles. The van der Waals surface area contributed by atoms with E-state index in [1.54, 1.807) is 6.07 Å². The second kappa shape index (κ2) is 9.11. The summed E-state index contributed by atoms with van der Waals surface area (Å²) in [5.41, 5.74) is 1.07. The Hall–Kier alpha value is -2.98. The number of nitrogens with one attached hydrogen (secondary N) is 1. The summed E-state index contributed by atoms with van der Waals surface area (Å²) in [6.45, 7) is 2.21. The van der Waals surface area contributed by atoms with Gasteiger partial charge < -0.3 is 15.2 Å². The topological polar surface area (TPSA) is 91.8 Å². The van der Waals surface area contributed by atoms with Crippen LogP contribution in [0.25, 0.3) is 0 Å². The number of hydrogen-bond donors (Lipinski definition) is 2. The molecule has 176 valence electrons. The number of carbonyl (C=O) groups is 2. The Morgan fingerprint density at radius 1 is 1.15 bits per heavy atom. The van der Waals surface area contributed by atoms with Gasteiger partial charge in [-0.2, -0.15) is 13.2 Å². The number of alkyl halides is 3. The van der Waals surface area contributed by atoms with Crippen LogP contribution in [0.3, 0.4) is 0 Å². The van der Waals surface area contributed by atoms with Crippen LogP contribution in [-0.2, 0) is 35.3 Å². The first kappa shape index (κ1) is 23.2. The van der Waals surface area contributed by atoms with Gasteiger partial charge in [-0.15, -0.1) is 0 Å². The second-order valence-corrected chi connectivity index (χ2v) is 8.55. The molecule has 0 atom stereocenters. The lowest BCUT2D eigenvalue weighted by molar-refractivity contribution is -0.154. The number of nitrogens with zero attached hydrogens (tertiary/aromatic N) is 2. The number of benzene rings is 1. The summed E-state index contributed by atoms with van der Waals surface area (Å²) in [6, 6.07) is 6.81. The normalized spacial score (nSPS) is 18.0. The first-order valence-corrected chi connectivity index (χ1v) is 10.6. The van der Waals surface area contributed by atoms with Gasteiger partial charge in [-0.1, -0.05) is 12.1 Å². The van der Waals surface area contributed by atoms with Crippen LogP contribution in [0.5, 0.6) is 0 Å². The predicted octanol–water partition coefficient (Wildman–Crippen LogP) is 3.23. The average Bonchev–Trinajstić information content (AvgIpc) is 3.19. The molecular weight excluding hydrogens is 439 g/mol. The summed E-state index contributed by atoms with van der Waals surface area (Å²) in [5.74, 6) is -1.34. The summed E-state index contributed by atoms with van der Waals surface area (Å²) in [6.07, 6.45) is -2.22. The van der Waals surface area contributed by atoms with Crippen LogP contribution in [0.4, 0.5) is 13.2 Å². The fraction of sp³-hybridized carbons (Fsp3) is 0.435. The van der Waals surface area contributed by atoms with Crippen LogP contribution in [-0.4, -0.2) is 46.6 Å². The van der Waals surface area contributed by atoms with Gasteiger partial charge in [0.2, 0.25) is 0 Å². The third-order valence-corrected chi connectivity index (χ3v) is 6.27. The lowest BCUT2D eigenvalue weighted by atomic mass is 9.80. The summed E-state index contributed by atoms with van der Waals surface area (Å²) in [5, 5.41) is 12.4. The van der Waals surface area contributed by atoms with Gasteiger partial charge in [-0.3, -0.25) is 19.5 Å². The number of fused-ring (bicyclic) bond motifs is 1. The lowest BCUT2D eigenvalue weighted by Gasteiger charge is -2.33. The highest BCUT2D eigenvalue weighted by Crippen LogP contribution is 2.31. The van der Waals surface area contributed by atoms with Crippen molar-refractivity contribution < 1.29 is 32.6 Å². The van der Waals surface area contributed by atoms with E-state index in [4.69, 9.17) is 4.74 Å². The maximum Gasteiger partial charge on any atom is 0.416 e. The van der Waals surface area contributed by atoms with Gasteiger partial charge >= 0.3 is 12.1 Å². The summed E-state index contributed by atoms with van der Waals surface area (Å²) in [7, 11) is 0. The van der Waals surface area contributed by atoms with Crippen LogP contribution in [0, 0.1) is 5.41 Å². The summed E-state index contributed by atoms with van der Waals surface area (Å²) in [4.78, 5) is 30.8. The molecule has 10 heteroatoms. The number of aliphatic carboxylic acids is 1. The maximum absolute atomic E-state index is 12.7. The smallest absolute Gasteiger partial charge is 0.416 e. The van der Waals surface area contributed by atoms with Gasteiger partial charge in [-0.25, -0.2) is 0 Å². The fourth-order valence-electron chi connectivity index (χ4n) is 4.20. The van der Waals surface area contributed by atoms with E-state index >= 15 is 0 Å². The van der Waals surface area contributed by atoms with Gasteiger partial charge in [0.25, 0.3) is 5.91 Å². The zero-order chi connectivity index (χ0) is 23.6. The summed E-state index contributed by atoms with van der Waals surface area (Å²) < 4.78 is 43.5. The van der Waals surface area contributed by atoms with Gasteiger partial charge in [0.05, 0.1) is 22.2 Å². The van der Waals surface area contributed by atoms with E-state index in [0.29, 0.717) is 51.3 Å². The van der Waals surface area contributed by atoms with E-state index in [9.17, 15) is 27.9 Å². The number of ether oxygens (including phenoxy) is 1. The molecule has 33 heavy (non-hydrogen) atoms. The summed E-state index contributed by atoms with van der Waals surface area (Å²) >= 11 is 0. The molecule has 7 nitrogen and oxygen atoms in total. The minimum absolute atomic E-state index is 0.0155. The van der Waals surface area contributed by atoms with Crippen LogP contribution in [0.2, 0.25) is 0 Å². The van der Waals surface area contributed by atoms with Crippen LogP contribution < -0.4 is 5.32 Å². The Kier molecular flexibility index (Phi) is 6.40. The molecule has 1 amide bonds. The Morgan fingerprint density at radius 3 is 2.48 bits per heavy atom. The molecule has 0 bridgehead atoms. The van der Waals surface area contributed by atoms with Crippen molar-refractivity contribution in [2.45, 2.75) is 38.7 Å². The molecule has 1 saturated heterocycles. The van der Waals surface area contributed by atoms with E-state index in [2.05, 4.69) is 10.3 Å². The second-order valence-electron chi connectivity index (χ2n) is 8.55. The lowest BCUT2D eigenvalue weighted by Crippen LogP contribution is -2.46. The van der Waals surface area contributed by atoms with Crippen molar-refractivity contribution in [3.05, 3.63) is 64.5 Å². The Labute approximate surface area is 188 Å². The standard InChI is InChI=1S/C23H24F3N3O4/c24-23(25,26)18-3-1-15(2-4-18)11-29-12-17-9-16(10-27-19(17)13-29)20(30)28-14-22(21(31)32)5-7-33-8-6-22/h1-4,9-10H,5-8,11-14H2,(H,28,30)(H,31,32). The largest absolute Gasteiger partial charge is 0.481 e. The van der Waals surface area contributed by atoms with E-state index in [0.717, 1.165) is 29.0 Å². The Bertz CT molecular complexity index is 1030. The van der Waals surface area contributed by atoms with Gasteiger partial charge in [0.1, 0.15) is 0 Å². The number of amides is 1. The number of halogens is 3. The Morgan fingerprint density at radius 2 is 1.85 bits per heavy atom. The molecule has 1 aromatic carbocycles. The Balaban J connectivity index is 1.37. The van der Waals surface area contributed by atoms with E-state index < -0.39 is 29.0 Å². The van der Waals surface area contributed by atoms with E-state index in [1.807, 2.05) is 4.90 Å². The third kappa shape index (κ3) is 5.17. The number of carboxylic acids is 1. The van der Waals surface area contributed by atoms with Crippen LogP contribution in [0.15, 0.2) is 36.5 Å². The zero-order valence-electron chi connectivity index (χ0n) is 17.8. The molecular formula is C23H24F3N3O4. The number of rotatable bonds is 6. The number of aromatic nitrogens is 1.